The summed E-state index contributed by atoms with van der Waals surface area (Å²) in [6.07, 6.45) is 1.03. The van der Waals surface area contributed by atoms with Crippen molar-refractivity contribution < 1.29 is 4.74 Å². The molecule has 1 aliphatic heterocycles. The van der Waals surface area contributed by atoms with Gasteiger partial charge in [0.05, 0.1) is 6.54 Å². The van der Waals surface area contributed by atoms with Crippen molar-refractivity contribution in [2.24, 2.45) is 10.7 Å². The number of nitrogens with two attached hydrogens (primary N) is 1. The maximum atomic E-state index is 5.56. The first kappa shape index (κ1) is 7.54. The molecule has 0 spiro atoms. The molecule has 0 fully saturated rings. The van der Waals surface area contributed by atoms with Crippen molar-refractivity contribution in [2.75, 3.05) is 6.54 Å². The molecule has 1 aliphatic rings. The van der Waals surface area contributed by atoms with Crippen molar-refractivity contribution in [3.05, 3.63) is 0 Å². The van der Waals surface area contributed by atoms with Gasteiger partial charge in [-0.3, -0.25) is 4.99 Å². The van der Waals surface area contributed by atoms with Crippen molar-refractivity contribution in [1.82, 2.24) is 0 Å². The quantitative estimate of drug-likeness (QED) is 0.611. The Balaban J connectivity index is 2.30. The van der Waals surface area contributed by atoms with Crippen LogP contribution >= 0.6 is 0 Å². The van der Waals surface area contributed by atoms with Gasteiger partial charge in [-0.15, -0.1) is 0 Å². The summed E-state index contributed by atoms with van der Waals surface area (Å²) < 4.78 is 5.34. The molecular weight excluding hydrogens is 128 g/mol. The molecular formula is C7H14N2O. The lowest BCUT2D eigenvalue weighted by Crippen LogP contribution is -2.20. The molecule has 0 aromatic heterocycles. The molecule has 1 rings (SSSR count). The van der Waals surface area contributed by atoms with Gasteiger partial charge in [-0.25, -0.2) is 0 Å². The van der Waals surface area contributed by atoms with E-state index in [1.165, 1.54) is 0 Å². The minimum Gasteiger partial charge on any atom is -0.476 e. The molecule has 1 heterocycles. The van der Waals surface area contributed by atoms with E-state index in [0.29, 0.717) is 0 Å². The van der Waals surface area contributed by atoms with Crippen LogP contribution in [0.15, 0.2) is 4.99 Å². The predicted molar refractivity (Wildman–Crippen MR) is 41.1 cm³/mol. The topological polar surface area (TPSA) is 47.6 Å². The number of hydrogen-bond acceptors (Lipinski definition) is 3. The van der Waals surface area contributed by atoms with Gasteiger partial charge in [0.1, 0.15) is 6.10 Å². The third kappa shape index (κ3) is 1.99. The summed E-state index contributed by atoms with van der Waals surface area (Å²) in [5.41, 5.74) is 5.56. The van der Waals surface area contributed by atoms with Crippen molar-refractivity contribution in [3.8, 4) is 0 Å². The molecule has 3 heteroatoms. The predicted octanol–water partition coefficient (Wildman–Crippen LogP) is 0.541. The van der Waals surface area contributed by atoms with Gasteiger partial charge in [0.15, 0.2) is 5.90 Å². The average molecular weight is 142 g/mol. The summed E-state index contributed by atoms with van der Waals surface area (Å²) in [5, 5.41) is 0. The summed E-state index contributed by atoms with van der Waals surface area (Å²) in [7, 11) is 0. The number of aliphatic imine (C=N–C) groups is 1. The average Bonchev–Trinajstić information content (AvgIpc) is 2.13. The number of nitrogens with zero attached hydrogens (tertiary/aromatic N) is 1. The molecule has 0 saturated heterocycles. The molecule has 2 N–H and O–H groups in total. The highest BCUT2D eigenvalue weighted by molar-refractivity contribution is 5.78. The van der Waals surface area contributed by atoms with Gasteiger partial charge < -0.3 is 10.5 Å². The Morgan fingerprint density at radius 1 is 1.90 bits per heavy atom. The van der Waals surface area contributed by atoms with Gasteiger partial charge in [0.25, 0.3) is 0 Å². The molecule has 0 aliphatic carbocycles. The largest absolute Gasteiger partial charge is 0.476 e. The van der Waals surface area contributed by atoms with Crippen LogP contribution in [0.2, 0.25) is 0 Å². The molecule has 58 valence electrons. The Bertz CT molecular complexity index is 143. The fourth-order valence-corrected chi connectivity index (χ4v) is 0.925. The molecule has 0 aromatic rings. The van der Waals surface area contributed by atoms with Crippen LogP contribution in [0.4, 0.5) is 0 Å². The second-order valence-corrected chi connectivity index (χ2v) is 2.84. The lowest BCUT2D eigenvalue weighted by Gasteiger charge is -2.06. The van der Waals surface area contributed by atoms with E-state index in [1.807, 2.05) is 13.8 Å². The number of hydrogen-bond donors (Lipinski definition) is 1. The Morgan fingerprint density at radius 2 is 2.60 bits per heavy atom. The van der Waals surface area contributed by atoms with Gasteiger partial charge in [-0.1, -0.05) is 0 Å². The molecule has 2 atom stereocenters. The highest BCUT2D eigenvalue weighted by Crippen LogP contribution is 2.06. The summed E-state index contributed by atoms with van der Waals surface area (Å²) >= 11 is 0. The normalized spacial score (nSPS) is 27.5. The molecule has 0 amide bonds. The van der Waals surface area contributed by atoms with Gasteiger partial charge in [0, 0.05) is 12.5 Å². The van der Waals surface area contributed by atoms with E-state index >= 15 is 0 Å². The Morgan fingerprint density at radius 3 is 3.00 bits per heavy atom. The second-order valence-electron chi connectivity index (χ2n) is 2.84. The summed E-state index contributed by atoms with van der Waals surface area (Å²) in [4.78, 5) is 4.17. The van der Waals surface area contributed by atoms with E-state index in [0.717, 1.165) is 18.9 Å². The SMILES string of the molecule is CC(N)CC1=NCC(C)O1. The molecule has 10 heavy (non-hydrogen) atoms. The maximum Gasteiger partial charge on any atom is 0.185 e. The van der Waals surface area contributed by atoms with E-state index in [-0.39, 0.29) is 12.1 Å². The van der Waals surface area contributed by atoms with Gasteiger partial charge in [-0.05, 0) is 13.8 Å². The van der Waals surface area contributed by atoms with Crippen LogP contribution in [0.3, 0.4) is 0 Å². The van der Waals surface area contributed by atoms with E-state index in [9.17, 15) is 0 Å². The number of rotatable bonds is 2. The van der Waals surface area contributed by atoms with E-state index in [4.69, 9.17) is 10.5 Å². The highest BCUT2D eigenvalue weighted by Gasteiger charge is 2.15. The molecule has 3 nitrogen and oxygen atoms in total. The molecule has 0 radical (unpaired) electrons. The first-order valence-electron chi connectivity index (χ1n) is 3.64. The summed E-state index contributed by atoms with van der Waals surface area (Å²) in [6, 6.07) is 0.157. The Hall–Kier alpha value is -0.570. The fourth-order valence-electron chi connectivity index (χ4n) is 0.925. The van der Waals surface area contributed by atoms with Crippen LogP contribution in [-0.2, 0) is 4.74 Å². The zero-order chi connectivity index (χ0) is 7.56. The van der Waals surface area contributed by atoms with Crippen LogP contribution in [-0.4, -0.2) is 24.6 Å². The van der Waals surface area contributed by atoms with Crippen LogP contribution in [0.5, 0.6) is 0 Å². The van der Waals surface area contributed by atoms with Crippen LogP contribution in [0, 0.1) is 0 Å². The van der Waals surface area contributed by atoms with Gasteiger partial charge in [0.2, 0.25) is 0 Å². The maximum absolute atomic E-state index is 5.56. The van der Waals surface area contributed by atoms with E-state index in [2.05, 4.69) is 4.99 Å². The standard InChI is InChI=1S/C7H14N2O/c1-5(8)3-7-9-4-6(2)10-7/h5-6H,3-4,8H2,1-2H3. The van der Waals surface area contributed by atoms with Crippen molar-refractivity contribution in [1.29, 1.82) is 0 Å². The van der Waals surface area contributed by atoms with Crippen LogP contribution in [0.25, 0.3) is 0 Å². The van der Waals surface area contributed by atoms with Crippen molar-refractivity contribution in [2.45, 2.75) is 32.4 Å². The molecule has 2 unspecified atom stereocenters. The van der Waals surface area contributed by atoms with Crippen LogP contribution in [0.1, 0.15) is 20.3 Å². The van der Waals surface area contributed by atoms with Crippen LogP contribution < -0.4 is 5.73 Å². The molecule has 0 saturated carbocycles. The smallest absolute Gasteiger partial charge is 0.185 e. The third-order valence-electron chi connectivity index (χ3n) is 1.36. The van der Waals surface area contributed by atoms with Gasteiger partial charge in [-0.2, -0.15) is 0 Å². The first-order valence-corrected chi connectivity index (χ1v) is 3.64. The summed E-state index contributed by atoms with van der Waals surface area (Å²) in [5.74, 6) is 0.822. The molecule has 0 bridgehead atoms. The first-order chi connectivity index (χ1) is 4.68. The third-order valence-corrected chi connectivity index (χ3v) is 1.36. The van der Waals surface area contributed by atoms with Gasteiger partial charge >= 0.3 is 0 Å². The van der Waals surface area contributed by atoms with Crippen molar-refractivity contribution >= 4 is 5.90 Å². The van der Waals surface area contributed by atoms with Crippen molar-refractivity contribution in [3.63, 3.8) is 0 Å². The summed E-state index contributed by atoms with van der Waals surface area (Å²) in [6.45, 7) is 4.76. The second kappa shape index (κ2) is 3.01. The lowest BCUT2D eigenvalue weighted by molar-refractivity contribution is 0.238. The zero-order valence-corrected chi connectivity index (χ0v) is 6.50. The zero-order valence-electron chi connectivity index (χ0n) is 6.50. The molecule has 0 aromatic carbocycles. The Kier molecular flexibility index (Phi) is 2.27. The van der Waals surface area contributed by atoms with E-state index < -0.39 is 0 Å². The van der Waals surface area contributed by atoms with E-state index in [1.54, 1.807) is 0 Å². The minimum atomic E-state index is 0.157. The lowest BCUT2D eigenvalue weighted by atomic mass is 10.2. The Labute approximate surface area is 61.3 Å². The monoisotopic (exact) mass is 142 g/mol. The number of ether oxygens (including phenoxy) is 1. The highest BCUT2D eigenvalue weighted by atomic mass is 16.5. The fraction of sp³-hybridized carbons (Fsp3) is 0.857. The minimum absolute atomic E-state index is 0.157.